The summed E-state index contributed by atoms with van der Waals surface area (Å²) in [5.74, 6) is 0.366. The molecule has 2 N–H and O–H groups in total. The van der Waals surface area contributed by atoms with E-state index in [9.17, 15) is 13.2 Å². The van der Waals surface area contributed by atoms with Gasteiger partial charge in [-0.05, 0) is 38.4 Å². The van der Waals surface area contributed by atoms with Gasteiger partial charge in [0.1, 0.15) is 6.61 Å². The molecule has 26 heavy (non-hydrogen) atoms. The van der Waals surface area contributed by atoms with Crippen molar-refractivity contribution in [1.82, 2.24) is 10.2 Å². The second-order valence-electron chi connectivity index (χ2n) is 5.94. The van der Waals surface area contributed by atoms with Crippen molar-refractivity contribution in [2.75, 3.05) is 39.5 Å². The van der Waals surface area contributed by atoms with Crippen LogP contribution >= 0.6 is 0 Å². The smallest absolute Gasteiger partial charge is 0.422 e. The summed E-state index contributed by atoms with van der Waals surface area (Å²) in [5.41, 5.74) is 0. The van der Waals surface area contributed by atoms with Crippen molar-refractivity contribution in [3.63, 3.8) is 0 Å². The largest absolute Gasteiger partial charge is 0.488 e. The van der Waals surface area contributed by atoms with Gasteiger partial charge in [-0.15, -0.1) is 0 Å². The van der Waals surface area contributed by atoms with Gasteiger partial charge in [-0.1, -0.05) is 19.1 Å². The van der Waals surface area contributed by atoms with E-state index in [1.165, 1.54) is 6.07 Å². The Morgan fingerprint density at radius 1 is 1.15 bits per heavy atom. The average molecular weight is 378 g/mol. The number of aliphatic hydroxyl groups excluding tert-OH is 1. The summed E-state index contributed by atoms with van der Waals surface area (Å²) in [5, 5.41) is 12.3. The van der Waals surface area contributed by atoms with Crippen LogP contribution in [0.5, 0.6) is 11.5 Å². The van der Waals surface area contributed by atoms with Gasteiger partial charge in [-0.25, -0.2) is 0 Å². The quantitative estimate of drug-likeness (QED) is 0.408. The highest BCUT2D eigenvalue weighted by atomic mass is 19.4. The first-order valence-corrected chi connectivity index (χ1v) is 8.87. The van der Waals surface area contributed by atoms with E-state index in [0.29, 0.717) is 19.6 Å². The predicted octanol–water partition coefficient (Wildman–Crippen LogP) is 3.04. The molecule has 0 aliphatic carbocycles. The number of hydrogen-bond donors (Lipinski definition) is 2. The van der Waals surface area contributed by atoms with Gasteiger partial charge < -0.3 is 14.6 Å². The lowest BCUT2D eigenvalue weighted by Gasteiger charge is -2.29. The zero-order valence-corrected chi connectivity index (χ0v) is 15.4. The lowest BCUT2D eigenvalue weighted by Crippen LogP contribution is -2.45. The third kappa shape index (κ3) is 9.26. The van der Waals surface area contributed by atoms with Crippen LogP contribution in [0.2, 0.25) is 0 Å². The molecule has 0 saturated carbocycles. The molecule has 0 amide bonds. The minimum Gasteiger partial charge on any atom is -0.488 e. The van der Waals surface area contributed by atoms with Crippen LogP contribution < -0.4 is 14.8 Å². The van der Waals surface area contributed by atoms with E-state index in [2.05, 4.69) is 17.1 Å². The summed E-state index contributed by atoms with van der Waals surface area (Å²) in [6.45, 7) is 5.50. The molecular weight excluding hydrogens is 349 g/mol. The summed E-state index contributed by atoms with van der Waals surface area (Å²) >= 11 is 0. The molecule has 0 radical (unpaired) electrons. The second-order valence-corrected chi connectivity index (χ2v) is 5.94. The summed E-state index contributed by atoms with van der Waals surface area (Å²) < 4.78 is 47.2. The number of para-hydroxylation sites is 2. The molecule has 0 heterocycles. The summed E-state index contributed by atoms with van der Waals surface area (Å²) in [7, 11) is 0. The molecule has 0 fully saturated rings. The Balaban J connectivity index is 2.42. The summed E-state index contributed by atoms with van der Waals surface area (Å²) in [6, 6.07) is 6.32. The SMILES string of the molecule is CCCN(CCCO)C(C)NCCOc1ccccc1OCC(F)(F)F. The first-order valence-electron chi connectivity index (χ1n) is 8.87. The fraction of sp³-hybridized carbons (Fsp3) is 0.667. The lowest BCUT2D eigenvalue weighted by atomic mass is 10.3. The number of halogens is 3. The molecule has 0 aliphatic heterocycles. The molecule has 0 saturated heterocycles. The Morgan fingerprint density at radius 3 is 2.38 bits per heavy atom. The van der Waals surface area contributed by atoms with Crippen molar-refractivity contribution in [2.45, 2.75) is 39.0 Å². The minimum atomic E-state index is -4.39. The van der Waals surface area contributed by atoms with E-state index in [1.54, 1.807) is 18.2 Å². The van der Waals surface area contributed by atoms with E-state index < -0.39 is 12.8 Å². The maximum atomic E-state index is 12.3. The minimum absolute atomic E-state index is 0.0772. The highest BCUT2D eigenvalue weighted by Gasteiger charge is 2.28. The maximum absolute atomic E-state index is 12.3. The fourth-order valence-corrected chi connectivity index (χ4v) is 2.47. The molecule has 1 aromatic rings. The van der Waals surface area contributed by atoms with Gasteiger partial charge in [0.15, 0.2) is 18.1 Å². The zero-order valence-electron chi connectivity index (χ0n) is 15.4. The van der Waals surface area contributed by atoms with Gasteiger partial charge in [-0.2, -0.15) is 13.2 Å². The Labute approximate surface area is 153 Å². The average Bonchev–Trinajstić information content (AvgIpc) is 2.60. The van der Waals surface area contributed by atoms with Gasteiger partial charge in [0.25, 0.3) is 0 Å². The van der Waals surface area contributed by atoms with Crippen molar-refractivity contribution in [1.29, 1.82) is 0 Å². The van der Waals surface area contributed by atoms with Crippen molar-refractivity contribution in [3.8, 4) is 11.5 Å². The molecule has 1 unspecified atom stereocenters. The maximum Gasteiger partial charge on any atom is 0.422 e. The van der Waals surface area contributed by atoms with Crippen molar-refractivity contribution in [3.05, 3.63) is 24.3 Å². The number of ether oxygens (including phenoxy) is 2. The van der Waals surface area contributed by atoms with Gasteiger partial charge in [0.05, 0.1) is 6.17 Å². The molecule has 1 atom stereocenters. The predicted molar refractivity (Wildman–Crippen MR) is 94.5 cm³/mol. The van der Waals surface area contributed by atoms with Crippen LogP contribution in [0.25, 0.3) is 0 Å². The van der Waals surface area contributed by atoms with Crippen LogP contribution in [0, 0.1) is 0 Å². The number of alkyl halides is 3. The topological polar surface area (TPSA) is 54.0 Å². The third-order valence-electron chi connectivity index (χ3n) is 3.70. The van der Waals surface area contributed by atoms with Crippen molar-refractivity contribution < 1.29 is 27.8 Å². The Hall–Kier alpha value is -1.51. The van der Waals surface area contributed by atoms with Gasteiger partial charge in [0, 0.05) is 19.7 Å². The molecule has 150 valence electrons. The highest BCUT2D eigenvalue weighted by molar-refractivity contribution is 5.39. The fourth-order valence-electron chi connectivity index (χ4n) is 2.47. The van der Waals surface area contributed by atoms with Crippen LogP contribution in [-0.2, 0) is 0 Å². The monoisotopic (exact) mass is 378 g/mol. The normalized spacial score (nSPS) is 13.0. The third-order valence-corrected chi connectivity index (χ3v) is 3.70. The van der Waals surface area contributed by atoms with Crippen molar-refractivity contribution in [2.24, 2.45) is 0 Å². The Morgan fingerprint density at radius 2 is 1.81 bits per heavy atom. The molecule has 0 bridgehead atoms. The number of benzene rings is 1. The first kappa shape index (κ1) is 22.5. The van der Waals surface area contributed by atoms with Crippen LogP contribution in [0.3, 0.4) is 0 Å². The molecule has 1 aromatic carbocycles. The van der Waals surface area contributed by atoms with Gasteiger partial charge in [0.2, 0.25) is 0 Å². The van der Waals surface area contributed by atoms with E-state index in [0.717, 1.165) is 19.5 Å². The van der Waals surface area contributed by atoms with Crippen LogP contribution in [0.4, 0.5) is 13.2 Å². The van der Waals surface area contributed by atoms with Crippen LogP contribution in [0.15, 0.2) is 24.3 Å². The van der Waals surface area contributed by atoms with E-state index in [1.807, 2.05) is 6.92 Å². The van der Waals surface area contributed by atoms with Gasteiger partial charge >= 0.3 is 6.18 Å². The molecule has 0 aromatic heterocycles. The van der Waals surface area contributed by atoms with E-state index >= 15 is 0 Å². The second kappa shape index (κ2) is 12.0. The van der Waals surface area contributed by atoms with Crippen molar-refractivity contribution >= 4 is 0 Å². The highest BCUT2D eigenvalue weighted by Crippen LogP contribution is 2.28. The molecular formula is C18H29F3N2O3. The van der Waals surface area contributed by atoms with Crippen LogP contribution in [-0.4, -0.2) is 61.8 Å². The standard InChI is InChI=1S/C18H29F3N2O3/c1-3-10-23(11-6-12-24)15(2)22-9-13-25-16-7-4-5-8-17(16)26-14-18(19,20)21/h4-5,7-8,15,22,24H,3,6,9-14H2,1-2H3. The molecule has 0 aliphatic rings. The Kier molecular flexibility index (Phi) is 10.4. The van der Waals surface area contributed by atoms with E-state index in [-0.39, 0.29) is 24.3 Å². The lowest BCUT2D eigenvalue weighted by molar-refractivity contribution is -0.153. The van der Waals surface area contributed by atoms with Crippen LogP contribution in [0.1, 0.15) is 26.7 Å². The molecule has 8 heteroatoms. The van der Waals surface area contributed by atoms with E-state index in [4.69, 9.17) is 14.6 Å². The summed E-state index contributed by atoms with van der Waals surface area (Å²) in [4.78, 5) is 2.23. The number of nitrogens with one attached hydrogen (secondary N) is 1. The Bertz CT molecular complexity index is 501. The molecule has 1 rings (SSSR count). The number of hydrogen-bond acceptors (Lipinski definition) is 5. The first-order chi connectivity index (χ1) is 12.4. The summed E-state index contributed by atoms with van der Waals surface area (Å²) in [6.07, 6.45) is -2.55. The zero-order chi connectivity index (χ0) is 19.4. The number of rotatable bonds is 13. The molecule has 0 spiro atoms. The molecule has 5 nitrogen and oxygen atoms in total. The van der Waals surface area contributed by atoms with Gasteiger partial charge in [-0.3, -0.25) is 10.2 Å². The number of aliphatic hydroxyl groups is 1. The number of nitrogens with zero attached hydrogens (tertiary/aromatic N) is 1.